The lowest BCUT2D eigenvalue weighted by atomic mass is 10.0. The van der Waals surface area contributed by atoms with Gasteiger partial charge in [-0.05, 0) is 27.2 Å². The molecule has 0 bridgehead atoms. The number of aliphatic hydroxyl groups is 1. The Balaban J connectivity index is 2.20. The second-order valence-electron chi connectivity index (χ2n) is 4.23. The number of nitrogens with one attached hydrogen (secondary N) is 1. The summed E-state index contributed by atoms with van der Waals surface area (Å²) in [5.74, 6) is 0. The number of aliphatic hydroxyl groups excluding tert-OH is 1. The van der Waals surface area contributed by atoms with Crippen molar-refractivity contribution in [3.05, 3.63) is 0 Å². The highest BCUT2D eigenvalue weighted by molar-refractivity contribution is 4.85. The molecular formula is C9H19NO2. The van der Waals surface area contributed by atoms with E-state index in [2.05, 4.69) is 19.2 Å². The van der Waals surface area contributed by atoms with Gasteiger partial charge in [0.25, 0.3) is 0 Å². The molecule has 12 heavy (non-hydrogen) atoms. The predicted octanol–water partition coefficient (Wildman–Crippen LogP) is 0.524. The molecular weight excluding hydrogens is 154 g/mol. The first-order valence-corrected chi connectivity index (χ1v) is 4.55. The first kappa shape index (κ1) is 9.96. The molecule has 1 unspecified atom stereocenters. The highest BCUT2D eigenvalue weighted by Gasteiger charge is 2.31. The first-order valence-electron chi connectivity index (χ1n) is 4.55. The Kier molecular flexibility index (Phi) is 3.09. The van der Waals surface area contributed by atoms with Crippen LogP contribution in [-0.4, -0.2) is 36.0 Å². The molecule has 0 aliphatic carbocycles. The summed E-state index contributed by atoms with van der Waals surface area (Å²) >= 11 is 0. The van der Waals surface area contributed by atoms with E-state index < -0.39 is 0 Å². The summed E-state index contributed by atoms with van der Waals surface area (Å²) in [5, 5.41) is 12.3. The van der Waals surface area contributed by atoms with E-state index in [1.165, 1.54) is 0 Å². The van der Waals surface area contributed by atoms with Crippen molar-refractivity contribution in [2.45, 2.75) is 44.9 Å². The first-order chi connectivity index (χ1) is 5.49. The lowest BCUT2D eigenvalue weighted by Crippen LogP contribution is -2.35. The van der Waals surface area contributed by atoms with E-state index in [0.717, 1.165) is 13.0 Å². The molecule has 3 heteroatoms. The maximum Gasteiger partial charge on any atom is 0.0643 e. The van der Waals surface area contributed by atoms with Gasteiger partial charge in [-0.1, -0.05) is 0 Å². The van der Waals surface area contributed by atoms with E-state index >= 15 is 0 Å². The summed E-state index contributed by atoms with van der Waals surface area (Å²) in [6, 6.07) is 0.412. The molecule has 1 aliphatic heterocycles. The maximum atomic E-state index is 9.04. The van der Waals surface area contributed by atoms with Gasteiger partial charge < -0.3 is 15.2 Å². The minimum atomic E-state index is -0.270. The zero-order valence-corrected chi connectivity index (χ0v) is 8.13. The Morgan fingerprint density at radius 2 is 2.33 bits per heavy atom. The van der Waals surface area contributed by atoms with Gasteiger partial charge in [0.1, 0.15) is 0 Å². The Bertz CT molecular complexity index is 145. The van der Waals surface area contributed by atoms with Crippen LogP contribution < -0.4 is 5.32 Å². The summed E-state index contributed by atoms with van der Waals surface area (Å²) in [7, 11) is 0. The van der Waals surface area contributed by atoms with Crippen molar-refractivity contribution in [3.8, 4) is 0 Å². The van der Waals surface area contributed by atoms with Crippen LogP contribution >= 0.6 is 0 Å². The lowest BCUT2D eigenvalue weighted by Gasteiger charge is -2.16. The molecule has 1 fully saturated rings. The van der Waals surface area contributed by atoms with Crippen LogP contribution in [0.5, 0.6) is 0 Å². The van der Waals surface area contributed by atoms with Crippen LogP contribution in [-0.2, 0) is 4.74 Å². The minimum Gasteiger partial charge on any atom is -0.392 e. The Morgan fingerprint density at radius 3 is 2.75 bits per heavy atom. The molecule has 0 saturated carbocycles. The monoisotopic (exact) mass is 173 g/mol. The number of hydrogen-bond acceptors (Lipinski definition) is 3. The molecule has 0 radical (unpaired) electrons. The van der Waals surface area contributed by atoms with Crippen molar-refractivity contribution in [1.29, 1.82) is 0 Å². The minimum absolute atomic E-state index is 0.0103. The molecule has 1 heterocycles. The molecule has 0 aromatic heterocycles. The maximum absolute atomic E-state index is 9.04. The van der Waals surface area contributed by atoms with Gasteiger partial charge in [-0.2, -0.15) is 0 Å². The van der Waals surface area contributed by atoms with Gasteiger partial charge in [-0.15, -0.1) is 0 Å². The molecule has 72 valence electrons. The average molecular weight is 173 g/mol. The van der Waals surface area contributed by atoms with E-state index in [0.29, 0.717) is 12.6 Å². The highest BCUT2D eigenvalue weighted by atomic mass is 16.5. The fourth-order valence-corrected chi connectivity index (χ4v) is 1.51. The second kappa shape index (κ2) is 3.73. The smallest absolute Gasteiger partial charge is 0.0643 e. The van der Waals surface area contributed by atoms with E-state index in [-0.39, 0.29) is 11.7 Å². The summed E-state index contributed by atoms with van der Waals surface area (Å²) in [4.78, 5) is 0. The van der Waals surface area contributed by atoms with Gasteiger partial charge in [0, 0.05) is 12.6 Å². The molecule has 2 atom stereocenters. The quantitative estimate of drug-likeness (QED) is 0.654. The van der Waals surface area contributed by atoms with Crippen molar-refractivity contribution in [2.24, 2.45) is 0 Å². The normalized spacial score (nSPS) is 30.5. The van der Waals surface area contributed by atoms with Gasteiger partial charge in [-0.25, -0.2) is 0 Å². The number of rotatable bonds is 3. The second-order valence-corrected chi connectivity index (χ2v) is 4.23. The van der Waals surface area contributed by atoms with Crippen LogP contribution in [0.2, 0.25) is 0 Å². The van der Waals surface area contributed by atoms with Gasteiger partial charge in [0.15, 0.2) is 0 Å². The molecule has 1 aliphatic rings. The van der Waals surface area contributed by atoms with Gasteiger partial charge in [-0.3, -0.25) is 0 Å². The van der Waals surface area contributed by atoms with Crippen molar-refractivity contribution in [2.75, 3.05) is 13.2 Å². The van der Waals surface area contributed by atoms with Gasteiger partial charge >= 0.3 is 0 Å². The zero-order chi connectivity index (χ0) is 9.19. The molecule has 2 N–H and O–H groups in total. The average Bonchev–Trinajstić information content (AvgIpc) is 2.26. The van der Waals surface area contributed by atoms with Crippen molar-refractivity contribution >= 4 is 0 Å². The summed E-state index contributed by atoms with van der Waals surface area (Å²) in [6.45, 7) is 7.39. The van der Waals surface area contributed by atoms with E-state index in [1.54, 1.807) is 6.92 Å². The molecule has 0 aromatic rings. The third-order valence-corrected chi connectivity index (χ3v) is 2.12. The number of hydrogen-bond donors (Lipinski definition) is 2. The van der Waals surface area contributed by atoms with Gasteiger partial charge in [0.2, 0.25) is 0 Å². The van der Waals surface area contributed by atoms with Gasteiger partial charge in [0.05, 0.1) is 18.3 Å². The Labute approximate surface area is 74.1 Å². The fourth-order valence-electron chi connectivity index (χ4n) is 1.51. The highest BCUT2D eigenvalue weighted by Crippen LogP contribution is 2.24. The van der Waals surface area contributed by atoms with Crippen molar-refractivity contribution < 1.29 is 9.84 Å². The topological polar surface area (TPSA) is 41.5 Å². The van der Waals surface area contributed by atoms with E-state index in [9.17, 15) is 0 Å². The molecule has 3 nitrogen and oxygen atoms in total. The summed E-state index contributed by atoms with van der Waals surface area (Å²) in [5.41, 5.74) is 0.0103. The van der Waals surface area contributed by atoms with Crippen molar-refractivity contribution in [3.63, 3.8) is 0 Å². The third-order valence-electron chi connectivity index (χ3n) is 2.12. The summed E-state index contributed by atoms with van der Waals surface area (Å²) < 4.78 is 5.54. The Hall–Kier alpha value is -0.120. The molecule has 1 saturated heterocycles. The van der Waals surface area contributed by atoms with Crippen molar-refractivity contribution in [1.82, 2.24) is 5.32 Å². The SMILES string of the molecule is C[C@@H](O)CNC1COC(C)(C)C1. The van der Waals surface area contributed by atoms with Crippen LogP contribution in [0.4, 0.5) is 0 Å². The molecule has 0 aromatic carbocycles. The standard InChI is InChI=1S/C9H19NO2/c1-7(11)5-10-8-4-9(2,3)12-6-8/h7-8,10-11H,4-6H2,1-3H3/t7-,8?/m1/s1. The predicted molar refractivity (Wildman–Crippen MR) is 48.1 cm³/mol. The van der Waals surface area contributed by atoms with Crippen LogP contribution in [0.3, 0.4) is 0 Å². The molecule has 0 amide bonds. The summed E-state index contributed by atoms with van der Waals surface area (Å²) in [6.07, 6.45) is 0.758. The molecule has 1 rings (SSSR count). The van der Waals surface area contributed by atoms with Crippen LogP contribution in [0.25, 0.3) is 0 Å². The molecule has 0 spiro atoms. The van der Waals surface area contributed by atoms with E-state index in [4.69, 9.17) is 9.84 Å². The van der Waals surface area contributed by atoms with Crippen LogP contribution in [0.15, 0.2) is 0 Å². The van der Waals surface area contributed by atoms with Crippen LogP contribution in [0.1, 0.15) is 27.2 Å². The number of ether oxygens (including phenoxy) is 1. The lowest BCUT2D eigenvalue weighted by molar-refractivity contribution is 0.0356. The largest absolute Gasteiger partial charge is 0.392 e. The fraction of sp³-hybridized carbons (Fsp3) is 1.00. The third kappa shape index (κ3) is 3.09. The Morgan fingerprint density at radius 1 is 1.67 bits per heavy atom. The zero-order valence-electron chi connectivity index (χ0n) is 8.13. The van der Waals surface area contributed by atoms with Crippen LogP contribution in [0, 0.1) is 0 Å². The van der Waals surface area contributed by atoms with E-state index in [1.807, 2.05) is 0 Å².